The first-order chi connectivity index (χ1) is 16.2. The smallest absolute Gasteiger partial charge is 0.238 e. The van der Waals surface area contributed by atoms with E-state index in [0.717, 1.165) is 11.5 Å². The first-order valence-corrected chi connectivity index (χ1v) is 12.8. The van der Waals surface area contributed by atoms with Crippen LogP contribution in [-0.4, -0.2) is 25.9 Å². The van der Waals surface area contributed by atoms with E-state index < -0.39 is 0 Å². The number of para-hydroxylation sites is 2. The number of aromatic nitrogens is 3. The van der Waals surface area contributed by atoms with Crippen LogP contribution in [0.15, 0.2) is 95.0 Å². The second-order valence-corrected chi connectivity index (χ2v) is 9.78. The van der Waals surface area contributed by atoms with Gasteiger partial charge in [0.2, 0.25) is 5.91 Å². The molecular weight excluding hydrogens is 472 g/mol. The van der Waals surface area contributed by atoms with Crippen molar-refractivity contribution < 1.29 is 4.79 Å². The molecule has 3 aromatic carbocycles. The number of carbonyl (C=O) groups is 1. The molecule has 0 aliphatic rings. The minimum absolute atomic E-state index is 0.113. The summed E-state index contributed by atoms with van der Waals surface area (Å²) in [6.07, 6.45) is 0.636. The molecule has 1 unspecified atom stereocenters. The number of carbonyl (C=O) groups excluding carboxylic acids is 1. The highest BCUT2D eigenvalue weighted by Gasteiger charge is 2.24. The lowest BCUT2D eigenvalue weighted by Gasteiger charge is -2.16. The summed E-state index contributed by atoms with van der Waals surface area (Å²) >= 11 is 9.33. The lowest BCUT2D eigenvalue weighted by molar-refractivity contribution is -0.115. The maximum absolute atomic E-state index is 13.0. The number of hydrogen-bond donors (Lipinski definition) is 1. The molecule has 33 heavy (non-hydrogen) atoms. The summed E-state index contributed by atoms with van der Waals surface area (Å²) in [7, 11) is 0. The minimum atomic E-state index is -0.345. The molecule has 0 saturated heterocycles. The number of anilines is 1. The van der Waals surface area contributed by atoms with Gasteiger partial charge in [0, 0.05) is 10.6 Å². The van der Waals surface area contributed by atoms with Crippen LogP contribution in [0.25, 0.3) is 5.69 Å². The van der Waals surface area contributed by atoms with Crippen LogP contribution in [0.1, 0.15) is 19.2 Å². The molecule has 1 atom stereocenters. The zero-order valence-electron chi connectivity index (χ0n) is 18.0. The van der Waals surface area contributed by atoms with E-state index in [4.69, 9.17) is 11.6 Å². The molecule has 0 aliphatic heterocycles. The Kier molecular flexibility index (Phi) is 8.10. The maximum Gasteiger partial charge on any atom is 0.238 e. The van der Waals surface area contributed by atoms with Crippen molar-refractivity contribution in [2.24, 2.45) is 0 Å². The van der Waals surface area contributed by atoms with Crippen molar-refractivity contribution >= 4 is 46.7 Å². The zero-order valence-corrected chi connectivity index (χ0v) is 20.4. The Balaban J connectivity index is 1.57. The van der Waals surface area contributed by atoms with Gasteiger partial charge in [-0.3, -0.25) is 9.36 Å². The molecule has 0 aliphatic carbocycles. The van der Waals surface area contributed by atoms with Crippen LogP contribution in [-0.2, 0) is 10.5 Å². The number of halogens is 1. The van der Waals surface area contributed by atoms with Crippen LogP contribution in [0.4, 0.5) is 5.69 Å². The SMILES string of the molecule is CCC(Sc1nnc(CSc2ccccc2)n1-c1ccccc1)C(=O)Nc1ccccc1Cl. The van der Waals surface area contributed by atoms with E-state index in [2.05, 4.69) is 27.6 Å². The molecule has 1 amide bonds. The number of amides is 1. The van der Waals surface area contributed by atoms with Gasteiger partial charge in [0.15, 0.2) is 5.16 Å². The number of nitrogens with one attached hydrogen (secondary N) is 1. The molecule has 0 bridgehead atoms. The Hall–Kier alpha value is -2.74. The molecule has 0 fully saturated rings. The molecule has 4 aromatic rings. The number of benzene rings is 3. The predicted octanol–water partition coefficient (Wildman–Crippen LogP) is 6.72. The standard InChI is InChI=1S/C25H23ClN4OS2/c1-2-22(24(31)27-21-16-10-9-15-20(21)26)33-25-29-28-23(17-32-19-13-7-4-8-14-19)30(25)18-11-5-3-6-12-18/h3-16,22H,2,17H2,1H3,(H,27,31). The van der Waals surface area contributed by atoms with Crippen LogP contribution in [0.5, 0.6) is 0 Å². The summed E-state index contributed by atoms with van der Waals surface area (Å²) in [6, 6.07) is 27.4. The third-order valence-corrected chi connectivity index (χ3v) is 7.51. The maximum atomic E-state index is 13.0. The average Bonchev–Trinajstić information content (AvgIpc) is 3.26. The Bertz CT molecular complexity index is 1200. The number of nitrogens with zero attached hydrogens (tertiary/aromatic N) is 3. The summed E-state index contributed by atoms with van der Waals surface area (Å²) in [4.78, 5) is 14.2. The monoisotopic (exact) mass is 494 g/mol. The molecular formula is C25H23ClN4OS2. The van der Waals surface area contributed by atoms with Gasteiger partial charge in [0.05, 0.1) is 21.7 Å². The summed E-state index contributed by atoms with van der Waals surface area (Å²) < 4.78 is 2.03. The van der Waals surface area contributed by atoms with Crippen molar-refractivity contribution in [3.8, 4) is 5.69 Å². The van der Waals surface area contributed by atoms with Gasteiger partial charge in [-0.15, -0.1) is 22.0 Å². The van der Waals surface area contributed by atoms with E-state index in [0.29, 0.717) is 28.0 Å². The number of thioether (sulfide) groups is 2. The zero-order chi connectivity index (χ0) is 23.0. The molecule has 0 radical (unpaired) electrons. The van der Waals surface area contributed by atoms with Crippen molar-refractivity contribution in [1.29, 1.82) is 0 Å². The second-order valence-electron chi connectivity index (χ2n) is 7.16. The fraction of sp³-hybridized carbons (Fsp3) is 0.160. The third-order valence-electron chi connectivity index (χ3n) is 4.87. The van der Waals surface area contributed by atoms with Crippen molar-refractivity contribution in [1.82, 2.24) is 14.8 Å². The Morgan fingerprint density at radius 2 is 1.64 bits per heavy atom. The van der Waals surface area contributed by atoms with Gasteiger partial charge >= 0.3 is 0 Å². The van der Waals surface area contributed by atoms with Crippen LogP contribution in [0.2, 0.25) is 5.02 Å². The predicted molar refractivity (Wildman–Crippen MR) is 137 cm³/mol. The average molecular weight is 495 g/mol. The van der Waals surface area contributed by atoms with Crippen LogP contribution in [0, 0.1) is 0 Å². The van der Waals surface area contributed by atoms with Gasteiger partial charge in [-0.2, -0.15) is 0 Å². The Morgan fingerprint density at radius 3 is 2.33 bits per heavy atom. The van der Waals surface area contributed by atoms with Gasteiger partial charge in [-0.25, -0.2) is 0 Å². The van der Waals surface area contributed by atoms with Gasteiger partial charge in [0.25, 0.3) is 0 Å². The van der Waals surface area contributed by atoms with E-state index in [-0.39, 0.29) is 11.2 Å². The fourth-order valence-corrected chi connectivity index (χ4v) is 5.20. The van der Waals surface area contributed by atoms with E-state index in [1.165, 1.54) is 16.7 Å². The van der Waals surface area contributed by atoms with Crippen molar-refractivity contribution in [2.75, 3.05) is 5.32 Å². The van der Waals surface area contributed by atoms with Gasteiger partial charge in [-0.1, -0.05) is 78.8 Å². The van der Waals surface area contributed by atoms with Crippen molar-refractivity contribution in [2.45, 2.75) is 34.4 Å². The summed E-state index contributed by atoms with van der Waals surface area (Å²) in [5.41, 5.74) is 1.57. The first kappa shape index (κ1) is 23.4. The second kappa shape index (κ2) is 11.4. The summed E-state index contributed by atoms with van der Waals surface area (Å²) in [5.74, 6) is 1.38. The Morgan fingerprint density at radius 1 is 0.970 bits per heavy atom. The number of hydrogen-bond acceptors (Lipinski definition) is 5. The van der Waals surface area contributed by atoms with E-state index in [9.17, 15) is 4.79 Å². The lowest BCUT2D eigenvalue weighted by atomic mass is 10.2. The largest absolute Gasteiger partial charge is 0.324 e. The highest BCUT2D eigenvalue weighted by atomic mass is 35.5. The van der Waals surface area contributed by atoms with Crippen molar-refractivity contribution in [3.63, 3.8) is 0 Å². The minimum Gasteiger partial charge on any atom is -0.324 e. The highest BCUT2D eigenvalue weighted by molar-refractivity contribution is 8.00. The van der Waals surface area contributed by atoms with E-state index in [1.807, 2.05) is 72.2 Å². The van der Waals surface area contributed by atoms with Gasteiger partial charge < -0.3 is 5.32 Å². The normalized spacial score (nSPS) is 11.8. The molecule has 8 heteroatoms. The molecule has 168 valence electrons. The topological polar surface area (TPSA) is 59.8 Å². The number of rotatable bonds is 9. The first-order valence-electron chi connectivity index (χ1n) is 10.6. The molecule has 1 aromatic heterocycles. The summed E-state index contributed by atoms with van der Waals surface area (Å²) in [6.45, 7) is 1.99. The van der Waals surface area contributed by atoms with Gasteiger partial charge in [0.1, 0.15) is 5.82 Å². The van der Waals surface area contributed by atoms with Crippen LogP contribution in [0.3, 0.4) is 0 Å². The highest BCUT2D eigenvalue weighted by Crippen LogP contribution is 2.31. The molecule has 1 N–H and O–H groups in total. The van der Waals surface area contributed by atoms with Crippen LogP contribution < -0.4 is 5.32 Å². The molecule has 0 spiro atoms. The lowest BCUT2D eigenvalue weighted by Crippen LogP contribution is -2.25. The molecule has 4 rings (SSSR count). The quantitative estimate of drug-likeness (QED) is 0.261. The molecule has 1 heterocycles. The third kappa shape index (κ3) is 5.99. The van der Waals surface area contributed by atoms with E-state index in [1.54, 1.807) is 23.9 Å². The molecule has 5 nitrogen and oxygen atoms in total. The van der Waals surface area contributed by atoms with Gasteiger partial charge in [-0.05, 0) is 42.8 Å². The van der Waals surface area contributed by atoms with E-state index >= 15 is 0 Å². The van der Waals surface area contributed by atoms with Crippen LogP contribution >= 0.6 is 35.1 Å². The Labute approximate surface area is 207 Å². The molecule has 0 saturated carbocycles. The fourth-order valence-electron chi connectivity index (χ4n) is 3.20. The summed E-state index contributed by atoms with van der Waals surface area (Å²) in [5, 5.41) is 12.7. The van der Waals surface area contributed by atoms with Crippen molar-refractivity contribution in [3.05, 3.63) is 95.8 Å².